The fourth-order valence-corrected chi connectivity index (χ4v) is 3.65. The SMILES string of the molecule is CCOC(=O)c1cc(C)cc(C)c1NC(=O)C1([N+](C)(C)CC)CCC1. The number of aryl methyl sites for hydroxylation is 2. The van der Waals surface area contributed by atoms with Gasteiger partial charge in [-0.3, -0.25) is 4.79 Å². The number of ether oxygens (including phenoxy) is 1. The third-order valence-corrected chi connectivity index (χ3v) is 5.77. The van der Waals surface area contributed by atoms with Crippen LogP contribution in [0.5, 0.6) is 0 Å². The Morgan fingerprint density at radius 1 is 1.20 bits per heavy atom. The molecule has 0 bridgehead atoms. The molecular formula is C20H31N2O3+. The van der Waals surface area contributed by atoms with Crippen molar-refractivity contribution >= 4 is 17.6 Å². The molecule has 0 aromatic heterocycles. The lowest BCUT2D eigenvalue weighted by Crippen LogP contribution is -2.69. The van der Waals surface area contributed by atoms with E-state index in [1.807, 2.05) is 19.9 Å². The molecule has 0 radical (unpaired) electrons. The Kier molecular flexibility index (Phi) is 5.57. The van der Waals surface area contributed by atoms with Gasteiger partial charge >= 0.3 is 5.97 Å². The van der Waals surface area contributed by atoms with Crippen LogP contribution in [-0.2, 0) is 9.53 Å². The van der Waals surface area contributed by atoms with E-state index < -0.39 is 11.5 Å². The Morgan fingerprint density at radius 3 is 2.32 bits per heavy atom. The summed E-state index contributed by atoms with van der Waals surface area (Å²) in [6, 6.07) is 3.76. The number of anilines is 1. The molecule has 0 aliphatic heterocycles. The first-order valence-corrected chi connectivity index (χ1v) is 9.11. The number of nitrogens with zero attached hydrogens (tertiary/aromatic N) is 1. The van der Waals surface area contributed by atoms with Crippen molar-refractivity contribution < 1.29 is 18.8 Å². The van der Waals surface area contributed by atoms with Gasteiger partial charge in [0.2, 0.25) is 0 Å². The van der Waals surface area contributed by atoms with Gasteiger partial charge in [0, 0.05) is 12.8 Å². The molecule has 1 aliphatic rings. The number of hydrogen-bond acceptors (Lipinski definition) is 3. The lowest BCUT2D eigenvalue weighted by molar-refractivity contribution is -0.936. The number of nitrogens with one attached hydrogen (secondary N) is 1. The molecule has 1 aliphatic carbocycles. The van der Waals surface area contributed by atoms with Gasteiger partial charge in [-0.05, 0) is 51.3 Å². The molecule has 1 saturated carbocycles. The molecule has 138 valence electrons. The van der Waals surface area contributed by atoms with E-state index in [2.05, 4.69) is 26.3 Å². The number of hydrogen-bond donors (Lipinski definition) is 1. The van der Waals surface area contributed by atoms with Crippen LogP contribution in [0.15, 0.2) is 12.1 Å². The van der Waals surface area contributed by atoms with Crippen LogP contribution in [-0.4, -0.2) is 49.1 Å². The van der Waals surface area contributed by atoms with Crippen LogP contribution in [0, 0.1) is 13.8 Å². The molecule has 0 unspecified atom stereocenters. The van der Waals surface area contributed by atoms with E-state index in [0.29, 0.717) is 22.3 Å². The van der Waals surface area contributed by atoms with E-state index in [-0.39, 0.29) is 5.91 Å². The minimum Gasteiger partial charge on any atom is -0.462 e. The fourth-order valence-electron chi connectivity index (χ4n) is 3.65. The van der Waals surface area contributed by atoms with E-state index in [1.54, 1.807) is 13.0 Å². The predicted molar refractivity (Wildman–Crippen MR) is 99.7 cm³/mol. The highest BCUT2D eigenvalue weighted by atomic mass is 16.5. The predicted octanol–water partition coefficient (Wildman–Crippen LogP) is 3.44. The molecule has 0 saturated heterocycles. The van der Waals surface area contributed by atoms with Gasteiger partial charge in [0.15, 0.2) is 5.54 Å². The Hall–Kier alpha value is -1.88. The second-order valence-electron chi connectivity index (χ2n) is 7.57. The number of likely N-dealkylation sites (N-methyl/N-ethyl adjacent to an activating group) is 1. The number of carbonyl (C=O) groups excluding carboxylic acids is 2. The minimum atomic E-state index is -0.419. The van der Waals surface area contributed by atoms with Gasteiger partial charge in [-0.1, -0.05) is 6.07 Å². The summed E-state index contributed by atoms with van der Waals surface area (Å²) in [6.07, 6.45) is 2.81. The summed E-state index contributed by atoms with van der Waals surface area (Å²) < 4.78 is 5.83. The van der Waals surface area contributed by atoms with Crippen LogP contribution < -0.4 is 5.32 Å². The van der Waals surface area contributed by atoms with Gasteiger partial charge in [0.1, 0.15) is 0 Å². The fraction of sp³-hybridized carbons (Fsp3) is 0.600. The summed E-state index contributed by atoms with van der Waals surface area (Å²) in [5, 5.41) is 3.07. The maximum atomic E-state index is 13.2. The van der Waals surface area contributed by atoms with Crippen molar-refractivity contribution in [2.75, 3.05) is 32.6 Å². The molecule has 25 heavy (non-hydrogen) atoms. The molecule has 1 N–H and O–H groups in total. The van der Waals surface area contributed by atoms with Crippen LogP contribution in [0.2, 0.25) is 0 Å². The zero-order valence-electron chi connectivity index (χ0n) is 16.4. The van der Waals surface area contributed by atoms with Crippen LogP contribution in [0.25, 0.3) is 0 Å². The normalized spacial score (nSPS) is 16.1. The lowest BCUT2D eigenvalue weighted by Gasteiger charge is -2.52. The summed E-state index contributed by atoms with van der Waals surface area (Å²) in [7, 11) is 4.21. The molecule has 5 heteroatoms. The van der Waals surface area contributed by atoms with Crippen molar-refractivity contribution in [2.45, 2.75) is 52.5 Å². The summed E-state index contributed by atoms with van der Waals surface area (Å²) >= 11 is 0. The third-order valence-electron chi connectivity index (χ3n) is 5.77. The summed E-state index contributed by atoms with van der Waals surface area (Å²) in [5.41, 5.74) is 2.45. The van der Waals surface area contributed by atoms with Crippen molar-refractivity contribution in [3.05, 3.63) is 28.8 Å². The zero-order valence-corrected chi connectivity index (χ0v) is 16.4. The molecule has 1 aromatic carbocycles. The van der Waals surface area contributed by atoms with Gasteiger partial charge in [-0.2, -0.15) is 0 Å². The molecule has 5 nitrogen and oxygen atoms in total. The average molecular weight is 347 g/mol. The first-order chi connectivity index (χ1) is 11.7. The van der Waals surface area contributed by atoms with Crippen LogP contribution in [0.4, 0.5) is 5.69 Å². The molecule has 1 amide bonds. The van der Waals surface area contributed by atoms with Crippen molar-refractivity contribution in [3.63, 3.8) is 0 Å². The van der Waals surface area contributed by atoms with Crippen molar-refractivity contribution in [1.29, 1.82) is 0 Å². The largest absolute Gasteiger partial charge is 0.462 e. The van der Waals surface area contributed by atoms with E-state index in [4.69, 9.17) is 4.74 Å². The maximum absolute atomic E-state index is 13.2. The highest BCUT2D eigenvalue weighted by molar-refractivity contribution is 6.05. The van der Waals surface area contributed by atoms with Gasteiger partial charge < -0.3 is 14.5 Å². The molecular weight excluding hydrogens is 316 g/mol. The number of benzene rings is 1. The number of quaternary nitrogens is 1. The molecule has 1 aromatic rings. The monoisotopic (exact) mass is 347 g/mol. The van der Waals surface area contributed by atoms with Crippen molar-refractivity contribution in [1.82, 2.24) is 0 Å². The third kappa shape index (κ3) is 3.43. The Balaban J connectivity index is 2.39. The van der Waals surface area contributed by atoms with Gasteiger partial charge in [-0.25, -0.2) is 4.79 Å². The van der Waals surface area contributed by atoms with E-state index in [1.165, 1.54) is 0 Å². The first kappa shape index (κ1) is 19.4. The molecule has 0 heterocycles. The summed E-state index contributed by atoms with van der Waals surface area (Å²) in [6.45, 7) is 8.93. The van der Waals surface area contributed by atoms with Gasteiger partial charge in [-0.15, -0.1) is 0 Å². The van der Waals surface area contributed by atoms with Gasteiger partial charge in [0.25, 0.3) is 5.91 Å². The second-order valence-corrected chi connectivity index (χ2v) is 7.57. The Labute approximate surface area is 150 Å². The number of esters is 1. The van der Waals surface area contributed by atoms with Crippen molar-refractivity contribution in [3.8, 4) is 0 Å². The summed E-state index contributed by atoms with van der Waals surface area (Å²) in [5.74, 6) is -0.389. The smallest absolute Gasteiger partial charge is 0.340 e. The topological polar surface area (TPSA) is 55.4 Å². The number of amides is 1. The van der Waals surface area contributed by atoms with E-state index in [0.717, 1.165) is 36.9 Å². The lowest BCUT2D eigenvalue weighted by atomic mass is 9.73. The average Bonchev–Trinajstić information content (AvgIpc) is 2.48. The molecule has 0 spiro atoms. The molecule has 0 atom stereocenters. The zero-order chi connectivity index (χ0) is 18.8. The van der Waals surface area contributed by atoms with Crippen LogP contribution in [0.3, 0.4) is 0 Å². The number of rotatable bonds is 6. The van der Waals surface area contributed by atoms with E-state index >= 15 is 0 Å². The highest BCUT2D eigenvalue weighted by Gasteiger charge is 2.56. The van der Waals surface area contributed by atoms with Gasteiger partial charge in [0.05, 0.1) is 38.5 Å². The van der Waals surface area contributed by atoms with Crippen LogP contribution >= 0.6 is 0 Å². The molecule has 2 rings (SSSR count). The highest BCUT2D eigenvalue weighted by Crippen LogP contribution is 2.42. The quantitative estimate of drug-likeness (QED) is 0.633. The van der Waals surface area contributed by atoms with Crippen molar-refractivity contribution in [2.24, 2.45) is 0 Å². The van der Waals surface area contributed by atoms with Crippen LogP contribution in [0.1, 0.15) is 54.6 Å². The summed E-state index contributed by atoms with van der Waals surface area (Å²) in [4.78, 5) is 25.6. The molecule has 1 fully saturated rings. The standard InChI is InChI=1S/C20H30N2O3/c1-7-22(5,6)20(10-9-11-20)19(24)21-17-15(4)12-14(3)13-16(17)18(23)25-8-2/h12-13H,7-11H2,1-6H3/p+1. The minimum absolute atomic E-state index is 0.00287. The second kappa shape index (κ2) is 7.16. The van der Waals surface area contributed by atoms with E-state index in [9.17, 15) is 9.59 Å². The Morgan fingerprint density at radius 2 is 1.84 bits per heavy atom. The first-order valence-electron chi connectivity index (χ1n) is 9.11. The maximum Gasteiger partial charge on any atom is 0.340 e. The Bertz CT molecular complexity index is 676. The number of carbonyl (C=O) groups is 2.